The Kier molecular flexibility index (Phi) is 6.38. The fraction of sp³-hybridized carbons (Fsp3) is 0.286. The van der Waals surface area contributed by atoms with E-state index in [4.69, 9.17) is 0 Å². The van der Waals surface area contributed by atoms with Crippen molar-refractivity contribution in [1.82, 2.24) is 9.88 Å². The van der Waals surface area contributed by atoms with Crippen molar-refractivity contribution in [3.8, 4) is 0 Å². The third kappa shape index (κ3) is 4.94. The molecule has 6 nitrogen and oxygen atoms in total. The van der Waals surface area contributed by atoms with Gasteiger partial charge < -0.3 is 15.1 Å². The maximum Gasteiger partial charge on any atom is 0.255 e. The molecule has 0 atom stereocenters. The fourth-order valence-electron chi connectivity index (χ4n) is 2.94. The van der Waals surface area contributed by atoms with E-state index in [0.29, 0.717) is 17.2 Å². The second kappa shape index (κ2) is 8.95. The van der Waals surface area contributed by atoms with Crippen LogP contribution in [0.1, 0.15) is 16.1 Å². The number of carbonyl (C=O) groups is 2. The van der Waals surface area contributed by atoms with E-state index in [1.807, 2.05) is 68.9 Å². The van der Waals surface area contributed by atoms with Gasteiger partial charge in [0, 0.05) is 10.9 Å². The summed E-state index contributed by atoms with van der Waals surface area (Å²) in [6.45, 7) is 3.12. The number of nitrogens with one attached hydrogen (secondary N) is 2. The summed E-state index contributed by atoms with van der Waals surface area (Å²) >= 11 is 1.38. The minimum Gasteiger partial charge on any atom is -0.338 e. The number of thiazole rings is 1. The Labute approximate surface area is 168 Å². The van der Waals surface area contributed by atoms with Gasteiger partial charge in [0.15, 0.2) is 5.13 Å². The molecule has 0 radical (unpaired) electrons. The summed E-state index contributed by atoms with van der Waals surface area (Å²) in [5.74, 6) is -0.375. The van der Waals surface area contributed by atoms with Crippen LogP contribution in [0.15, 0.2) is 47.8 Å². The molecule has 2 amide bonds. The van der Waals surface area contributed by atoms with Gasteiger partial charge in [-0.1, -0.05) is 36.4 Å². The number of amides is 2. The second-order valence-electron chi connectivity index (χ2n) is 7.05. The normalized spacial score (nSPS) is 11.0. The van der Waals surface area contributed by atoms with Crippen LogP contribution in [-0.2, 0) is 4.79 Å². The Morgan fingerprint density at radius 3 is 2.61 bits per heavy atom. The maximum atomic E-state index is 13.3. The van der Waals surface area contributed by atoms with E-state index in [0.717, 1.165) is 23.0 Å². The number of carbonyl (C=O) groups excluding carboxylic acids is 2. The highest BCUT2D eigenvalue weighted by atomic mass is 32.1. The van der Waals surface area contributed by atoms with Gasteiger partial charge >= 0.3 is 0 Å². The first-order chi connectivity index (χ1) is 13.4. The lowest BCUT2D eigenvalue weighted by atomic mass is 10.0. The van der Waals surface area contributed by atoms with Crippen LogP contribution in [0.4, 0.5) is 5.13 Å². The molecule has 2 aromatic carbocycles. The molecule has 1 aromatic heterocycles. The van der Waals surface area contributed by atoms with Crippen LogP contribution in [0.3, 0.4) is 0 Å². The van der Waals surface area contributed by atoms with Gasteiger partial charge in [-0.15, -0.1) is 11.3 Å². The Hall–Kier alpha value is -2.77. The molecule has 0 fully saturated rings. The van der Waals surface area contributed by atoms with Gasteiger partial charge in [-0.2, -0.15) is 0 Å². The van der Waals surface area contributed by atoms with E-state index in [2.05, 4.69) is 10.3 Å². The first-order valence-electron chi connectivity index (χ1n) is 9.22. The zero-order valence-electron chi connectivity index (χ0n) is 16.4. The van der Waals surface area contributed by atoms with Crippen molar-refractivity contribution < 1.29 is 14.5 Å². The SMILES string of the molecule is Cc1csc(NC(=O)CN(CC[NH+](C)C)C(=O)c2cccc3ccccc23)n1. The van der Waals surface area contributed by atoms with E-state index in [1.54, 1.807) is 4.90 Å². The highest BCUT2D eigenvalue weighted by Gasteiger charge is 2.21. The van der Waals surface area contributed by atoms with Crippen molar-refractivity contribution in [3.05, 3.63) is 59.1 Å². The molecule has 1 heterocycles. The van der Waals surface area contributed by atoms with Crippen LogP contribution < -0.4 is 10.2 Å². The molecular formula is C21H25N4O2S+. The number of quaternary nitrogens is 1. The lowest BCUT2D eigenvalue weighted by Crippen LogP contribution is -3.06. The zero-order chi connectivity index (χ0) is 20.1. The molecular weight excluding hydrogens is 372 g/mol. The molecule has 0 saturated carbocycles. The predicted octanol–water partition coefficient (Wildman–Crippen LogP) is 1.83. The number of nitrogens with zero attached hydrogens (tertiary/aromatic N) is 2. The summed E-state index contributed by atoms with van der Waals surface area (Å²) < 4.78 is 0. The monoisotopic (exact) mass is 397 g/mol. The van der Waals surface area contributed by atoms with E-state index >= 15 is 0 Å². The quantitative estimate of drug-likeness (QED) is 0.639. The molecule has 3 aromatic rings. The molecule has 0 aliphatic carbocycles. The number of hydrogen-bond acceptors (Lipinski definition) is 4. The third-order valence-electron chi connectivity index (χ3n) is 4.39. The fourth-order valence-corrected chi connectivity index (χ4v) is 3.64. The highest BCUT2D eigenvalue weighted by molar-refractivity contribution is 7.13. The summed E-state index contributed by atoms with van der Waals surface area (Å²) in [7, 11) is 4.05. The van der Waals surface area contributed by atoms with Crippen LogP contribution in [-0.4, -0.2) is 55.4 Å². The molecule has 0 unspecified atom stereocenters. The lowest BCUT2D eigenvalue weighted by molar-refractivity contribution is -0.857. The average molecular weight is 398 g/mol. The number of anilines is 1. The topological polar surface area (TPSA) is 66.7 Å². The van der Waals surface area contributed by atoms with Crippen molar-refractivity contribution in [2.45, 2.75) is 6.92 Å². The standard InChI is InChI=1S/C21H24N4O2S/c1-15-14-28-21(22-15)23-19(26)13-25(12-11-24(2)3)20(27)18-10-6-8-16-7-4-5-9-17(16)18/h4-10,14H,11-13H2,1-3H3,(H,22,23,26)/p+1. The number of likely N-dealkylation sites (N-methyl/N-ethyl adjacent to an activating group) is 1. The molecule has 0 spiro atoms. The van der Waals surface area contributed by atoms with Gasteiger partial charge in [0.25, 0.3) is 5.91 Å². The van der Waals surface area contributed by atoms with Gasteiger partial charge in [0.2, 0.25) is 5.91 Å². The summed E-state index contributed by atoms with van der Waals surface area (Å²) in [4.78, 5) is 32.9. The molecule has 7 heteroatoms. The zero-order valence-corrected chi connectivity index (χ0v) is 17.2. The number of rotatable bonds is 7. The lowest BCUT2D eigenvalue weighted by Gasteiger charge is -2.23. The van der Waals surface area contributed by atoms with Gasteiger partial charge in [-0.05, 0) is 23.8 Å². The van der Waals surface area contributed by atoms with Crippen LogP contribution in [0.25, 0.3) is 10.8 Å². The number of aryl methyl sites for hydroxylation is 1. The van der Waals surface area contributed by atoms with Crippen molar-refractivity contribution in [2.75, 3.05) is 39.0 Å². The Morgan fingerprint density at radius 2 is 1.89 bits per heavy atom. The van der Waals surface area contributed by atoms with Crippen LogP contribution in [0, 0.1) is 6.92 Å². The van der Waals surface area contributed by atoms with Gasteiger partial charge in [-0.25, -0.2) is 4.98 Å². The van der Waals surface area contributed by atoms with Crippen molar-refractivity contribution in [3.63, 3.8) is 0 Å². The molecule has 0 aliphatic rings. The Balaban J connectivity index is 1.81. The first-order valence-corrected chi connectivity index (χ1v) is 10.1. The Bertz CT molecular complexity index is 978. The molecule has 28 heavy (non-hydrogen) atoms. The summed E-state index contributed by atoms with van der Waals surface area (Å²) in [5.41, 5.74) is 1.48. The number of hydrogen-bond donors (Lipinski definition) is 2. The van der Waals surface area contributed by atoms with Crippen molar-refractivity contribution >= 4 is 39.1 Å². The smallest absolute Gasteiger partial charge is 0.255 e. The Morgan fingerprint density at radius 1 is 1.14 bits per heavy atom. The predicted molar refractivity (Wildman–Crippen MR) is 113 cm³/mol. The van der Waals surface area contributed by atoms with E-state index < -0.39 is 0 Å². The highest BCUT2D eigenvalue weighted by Crippen LogP contribution is 2.20. The molecule has 0 aliphatic heterocycles. The molecule has 3 rings (SSSR count). The van der Waals surface area contributed by atoms with Crippen LogP contribution in [0.2, 0.25) is 0 Å². The van der Waals surface area contributed by atoms with E-state index in [-0.39, 0.29) is 18.4 Å². The van der Waals surface area contributed by atoms with Crippen molar-refractivity contribution in [2.24, 2.45) is 0 Å². The van der Waals surface area contributed by atoms with Crippen molar-refractivity contribution in [1.29, 1.82) is 0 Å². The molecule has 2 N–H and O–H groups in total. The van der Waals surface area contributed by atoms with E-state index in [9.17, 15) is 9.59 Å². The number of aromatic nitrogens is 1. The largest absolute Gasteiger partial charge is 0.338 e. The maximum absolute atomic E-state index is 13.3. The minimum absolute atomic E-state index is 0.00599. The van der Waals surface area contributed by atoms with Gasteiger partial charge in [-0.3, -0.25) is 9.59 Å². The molecule has 0 bridgehead atoms. The van der Waals surface area contributed by atoms with Gasteiger partial charge in [0.1, 0.15) is 6.54 Å². The molecule has 0 saturated heterocycles. The summed E-state index contributed by atoms with van der Waals surface area (Å²) in [5, 5.41) is 7.13. The van der Waals surface area contributed by atoms with E-state index in [1.165, 1.54) is 16.2 Å². The minimum atomic E-state index is -0.239. The first kappa shape index (κ1) is 20.0. The van der Waals surface area contributed by atoms with Crippen LogP contribution >= 0.6 is 11.3 Å². The summed E-state index contributed by atoms with van der Waals surface area (Å²) in [6.07, 6.45) is 0. The summed E-state index contributed by atoms with van der Waals surface area (Å²) in [6, 6.07) is 13.5. The second-order valence-corrected chi connectivity index (χ2v) is 7.91. The number of benzene rings is 2. The van der Waals surface area contributed by atoms with Crippen LogP contribution in [0.5, 0.6) is 0 Å². The number of fused-ring (bicyclic) bond motifs is 1. The molecule has 146 valence electrons. The average Bonchev–Trinajstić information content (AvgIpc) is 3.08. The van der Waals surface area contributed by atoms with Gasteiger partial charge in [0.05, 0.1) is 32.9 Å². The third-order valence-corrected chi connectivity index (χ3v) is 5.26.